The van der Waals surface area contributed by atoms with E-state index in [0.29, 0.717) is 18.2 Å². The molecule has 23 heavy (non-hydrogen) atoms. The Morgan fingerprint density at radius 3 is 2.83 bits per heavy atom. The third kappa shape index (κ3) is 4.82. The summed E-state index contributed by atoms with van der Waals surface area (Å²) in [6, 6.07) is 0.656. The monoisotopic (exact) mass is 331 g/mol. The Morgan fingerprint density at radius 2 is 2.22 bits per heavy atom. The molecule has 128 valence electrons. The number of anilines is 1. The Balaban J connectivity index is 2.01. The second-order valence-corrected chi connectivity index (χ2v) is 5.96. The third-order valence-corrected chi connectivity index (χ3v) is 4.15. The molecule has 1 saturated heterocycles. The topological polar surface area (TPSA) is 74.0 Å². The Hall–Kier alpha value is -1.83. The third-order valence-electron chi connectivity index (χ3n) is 4.15. The van der Waals surface area contributed by atoms with Gasteiger partial charge in [0.15, 0.2) is 0 Å². The molecule has 1 aromatic heterocycles. The predicted octanol–water partition coefficient (Wildman–Crippen LogP) is 2.36. The van der Waals surface area contributed by atoms with Crippen molar-refractivity contribution in [3.05, 3.63) is 28.2 Å². The average Bonchev–Trinajstić information content (AvgIpc) is 2.49. The summed E-state index contributed by atoms with van der Waals surface area (Å²) in [6.45, 7) is 3.74. The quantitative estimate of drug-likeness (QED) is 0.793. The van der Waals surface area contributed by atoms with Crippen LogP contribution >= 0.6 is 0 Å². The van der Waals surface area contributed by atoms with E-state index in [1.807, 2.05) is 11.9 Å². The summed E-state index contributed by atoms with van der Waals surface area (Å²) in [5, 5.41) is 5.55. The number of aromatic nitrogens is 1. The van der Waals surface area contributed by atoms with Crippen molar-refractivity contribution in [3.8, 4) is 0 Å². The van der Waals surface area contributed by atoms with E-state index < -0.39 is 23.2 Å². The predicted molar refractivity (Wildman–Crippen MR) is 80.1 cm³/mol. The molecule has 0 aliphatic carbocycles. The van der Waals surface area contributed by atoms with Crippen LogP contribution in [0.5, 0.6) is 0 Å². The van der Waals surface area contributed by atoms with E-state index in [1.54, 1.807) is 0 Å². The van der Waals surface area contributed by atoms with Crippen molar-refractivity contribution in [1.82, 2.24) is 10.3 Å². The molecular formula is C15H20F3N3O2. The number of halogens is 3. The molecule has 0 saturated carbocycles. The van der Waals surface area contributed by atoms with Crippen LogP contribution in [0, 0.1) is 11.8 Å². The summed E-state index contributed by atoms with van der Waals surface area (Å²) in [6.07, 6.45) is -1.75. The van der Waals surface area contributed by atoms with Crippen LogP contribution in [0.1, 0.15) is 31.7 Å². The smallest absolute Gasteiger partial charge is 0.327 e. The highest BCUT2D eigenvalue weighted by Crippen LogP contribution is 2.29. The van der Waals surface area contributed by atoms with Crippen LogP contribution in [-0.2, 0) is 11.0 Å². The van der Waals surface area contributed by atoms with Gasteiger partial charge in [-0.1, -0.05) is 6.92 Å². The van der Waals surface area contributed by atoms with Crippen LogP contribution in [0.15, 0.2) is 17.1 Å². The molecule has 0 aromatic carbocycles. The van der Waals surface area contributed by atoms with Gasteiger partial charge in [-0.3, -0.25) is 9.59 Å². The summed E-state index contributed by atoms with van der Waals surface area (Å²) in [5.74, 6) is -0.00475. The highest BCUT2D eigenvalue weighted by molar-refractivity contribution is 5.90. The van der Waals surface area contributed by atoms with Crippen molar-refractivity contribution >= 4 is 11.6 Å². The number of carbonyl (C=O) groups is 1. The summed E-state index contributed by atoms with van der Waals surface area (Å²) in [7, 11) is 0. The number of pyridine rings is 1. The van der Waals surface area contributed by atoms with Crippen LogP contribution in [0.4, 0.5) is 18.9 Å². The van der Waals surface area contributed by atoms with Gasteiger partial charge in [0.1, 0.15) is 5.69 Å². The van der Waals surface area contributed by atoms with Gasteiger partial charge in [-0.25, -0.2) is 0 Å². The maximum atomic E-state index is 12.6. The molecule has 1 aromatic rings. The Labute approximate surface area is 131 Å². The summed E-state index contributed by atoms with van der Waals surface area (Å²) in [5.41, 5.74) is -2.13. The number of hydrogen-bond donors (Lipinski definition) is 3. The van der Waals surface area contributed by atoms with Crippen molar-refractivity contribution in [2.75, 3.05) is 18.4 Å². The summed E-state index contributed by atoms with van der Waals surface area (Å²) in [4.78, 5) is 25.6. The average molecular weight is 331 g/mol. The van der Waals surface area contributed by atoms with Crippen LogP contribution < -0.4 is 16.2 Å². The minimum absolute atomic E-state index is 0.0904. The van der Waals surface area contributed by atoms with Gasteiger partial charge in [0.2, 0.25) is 5.91 Å². The highest BCUT2D eigenvalue weighted by atomic mass is 19.4. The van der Waals surface area contributed by atoms with Gasteiger partial charge in [0, 0.05) is 12.6 Å². The van der Waals surface area contributed by atoms with E-state index in [2.05, 4.69) is 10.6 Å². The first-order chi connectivity index (χ1) is 10.8. The van der Waals surface area contributed by atoms with Gasteiger partial charge >= 0.3 is 6.18 Å². The molecule has 8 heteroatoms. The van der Waals surface area contributed by atoms with Gasteiger partial charge in [-0.2, -0.15) is 13.2 Å². The van der Waals surface area contributed by atoms with Crippen molar-refractivity contribution in [2.24, 2.45) is 11.8 Å². The molecule has 2 atom stereocenters. The zero-order valence-electron chi connectivity index (χ0n) is 12.8. The van der Waals surface area contributed by atoms with Crippen molar-refractivity contribution in [1.29, 1.82) is 0 Å². The minimum atomic E-state index is -4.58. The normalized spacial score (nSPS) is 20.1. The van der Waals surface area contributed by atoms with E-state index in [4.69, 9.17) is 0 Å². The number of piperidine rings is 1. The molecule has 1 amide bonds. The van der Waals surface area contributed by atoms with Gasteiger partial charge in [-0.05, 0) is 43.8 Å². The van der Waals surface area contributed by atoms with E-state index in [-0.39, 0.29) is 18.0 Å². The SMILES string of the molecule is CC(CC(=O)Nc1cc(C(F)(F)F)c[nH]c1=O)C1CCCNC1. The minimum Gasteiger partial charge on any atom is -0.327 e. The van der Waals surface area contributed by atoms with Crippen LogP contribution in [0.25, 0.3) is 0 Å². The molecule has 0 spiro atoms. The molecule has 0 bridgehead atoms. The van der Waals surface area contributed by atoms with Gasteiger partial charge in [0.25, 0.3) is 5.56 Å². The molecule has 1 aliphatic heterocycles. The van der Waals surface area contributed by atoms with Crippen molar-refractivity contribution in [3.63, 3.8) is 0 Å². The van der Waals surface area contributed by atoms with Crippen molar-refractivity contribution in [2.45, 2.75) is 32.4 Å². The summed E-state index contributed by atoms with van der Waals surface area (Å²) >= 11 is 0. The number of carbonyl (C=O) groups excluding carboxylic acids is 1. The molecule has 0 radical (unpaired) electrons. The van der Waals surface area contributed by atoms with Gasteiger partial charge in [-0.15, -0.1) is 0 Å². The Kier molecular flexibility index (Phi) is 5.46. The lowest BCUT2D eigenvalue weighted by molar-refractivity contribution is -0.137. The lowest BCUT2D eigenvalue weighted by atomic mass is 9.85. The lowest BCUT2D eigenvalue weighted by Gasteiger charge is -2.28. The number of hydrogen-bond acceptors (Lipinski definition) is 3. The largest absolute Gasteiger partial charge is 0.417 e. The Morgan fingerprint density at radius 1 is 1.48 bits per heavy atom. The number of amides is 1. The van der Waals surface area contributed by atoms with E-state index in [0.717, 1.165) is 25.9 Å². The maximum absolute atomic E-state index is 12.6. The number of H-pyrrole nitrogens is 1. The standard InChI is InChI=1S/C15H20F3N3O2/c1-9(10-3-2-4-19-7-10)5-13(22)21-12-6-11(15(16,17)18)8-20-14(12)23/h6,8-10,19H,2-5,7H2,1H3,(H,20,23)(H,21,22). The molecule has 2 unspecified atom stereocenters. The number of rotatable bonds is 4. The maximum Gasteiger partial charge on any atom is 0.417 e. The fourth-order valence-electron chi connectivity index (χ4n) is 2.77. The molecule has 5 nitrogen and oxygen atoms in total. The summed E-state index contributed by atoms with van der Waals surface area (Å²) < 4.78 is 37.9. The lowest BCUT2D eigenvalue weighted by Crippen LogP contribution is -2.34. The highest BCUT2D eigenvalue weighted by Gasteiger charge is 2.31. The number of nitrogens with one attached hydrogen (secondary N) is 3. The zero-order valence-corrected chi connectivity index (χ0v) is 12.8. The van der Waals surface area contributed by atoms with E-state index in [1.165, 1.54) is 0 Å². The van der Waals surface area contributed by atoms with E-state index >= 15 is 0 Å². The molecular weight excluding hydrogens is 311 g/mol. The fourth-order valence-corrected chi connectivity index (χ4v) is 2.77. The molecule has 3 N–H and O–H groups in total. The van der Waals surface area contributed by atoms with E-state index in [9.17, 15) is 22.8 Å². The first kappa shape index (κ1) is 17.5. The molecule has 2 heterocycles. The second kappa shape index (κ2) is 7.16. The van der Waals surface area contributed by atoms with Gasteiger partial charge < -0.3 is 15.6 Å². The second-order valence-electron chi connectivity index (χ2n) is 5.96. The Bertz CT molecular complexity index is 607. The van der Waals surface area contributed by atoms with Crippen LogP contribution in [0.2, 0.25) is 0 Å². The first-order valence-corrected chi connectivity index (χ1v) is 7.58. The zero-order chi connectivity index (χ0) is 17.0. The van der Waals surface area contributed by atoms with Crippen molar-refractivity contribution < 1.29 is 18.0 Å². The molecule has 1 aliphatic rings. The fraction of sp³-hybridized carbons (Fsp3) is 0.600. The number of aromatic amines is 1. The molecule has 2 rings (SSSR count). The van der Waals surface area contributed by atoms with Gasteiger partial charge in [0.05, 0.1) is 5.56 Å². The first-order valence-electron chi connectivity index (χ1n) is 7.58. The molecule has 1 fully saturated rings. The van der Waals surface area contributed by atoms with Crippen LogP contribution in [0.3, 0.4) is 0 Å². The number of alkyl halides is 3. The van der Waals surface area contributed by atoms with Crippen LogP contribution in [-0.4, -0.2) is 24.0 Å².